The van der Waals surface area contributed by atoms with E-state index in [1.165, 1.54) is 11.1 Å². The van der Waals surface area contributed by atoms with E-state index in [2.05, 4.69) is 46.3 Å². The third-order valence-electron chi connectivity index (χ3n) is 7.57. The van der Waals surface area contributed by atoms with Gasteiger partial charge in [0, 0.05) is 30.1 Å². The first-order chi connectivity index (χ1) is 17.0. The quantitative estimate of drug-likeness (QED) is 0.586. The molecule has 4 heterocycles. The monoisotopic (exact) mass is 489 g/mol. The molecule has 1 aliphatic carbocycles. The van der Waals surface area contributed by atoms with Crippen LogP contribution in [0.3, 0.4) is 0 Å². The van der Waals surface area contributed by atoms with E-state index in [4.69, 9.17) is 9.82 Å². The van der Waals surface area contributed by atoms with Crippen LogP contribution in [0.2, 0.25) is 0 Å². The number of nitrogens with zero attached hydrogens (tertiary/aromatic N) is 4. The summed E-state index contributed by atoms with van der Waals surface area (Å²) in [6, 6.07) is 10.6. The molecule has 1 saturated heterocycles. The molecular weight excluding hydrogens is 458 g/mol. The molecule has 182 valence electrons. The van der Waals surface area contributed by atoms with Crippen molar-refractivity contribution in [3.63, 3.8) is 0 Å². The van der Waals surface area contributed by atoms with Gasteiger partial charge in [-0.1, -0.05) is 24.3 Å². The lowest BCUT2D eigenvalue weighted by atomic mass is 9.79. The summed E-state index contributed by atoms with van der Waals surface area (Å²) in [6.45, 7) is 5.80. The lowest BCUT2D eigenvalue weighted by molar-refractivity contribution is -0.133. The highest BCUT2D eigenvalue weighted by Gasteiger charge is 2.41. The SMILES string of the molecule is Cc1cc(C)n(CC(=O)N2CCC(c3nc(C4=C[C@@]5(CCCc6ccccc65)ON4)cs3)CC2)n1. The standard InChI is InChI=1S/C27H31N5O2S/c1-18-14-19(2)32(29-18)16-25(33)31-12-9-21(10-13-31)26-28-24(17-35-26)23-15-27(34-30-23)11-5-7-20-6-3-4-8-22(20)27/h3-4,6,8,14-15,17,21,30H,5,7,9-13,16H2,1-2H3/t27-/m1/s1. The van der Waals surface area contributed by atoms with Crippen molar-refractivity contribution in [1.82, 2.24) is 25.1 Å². The number of aromatic nitrogens is 3. The van der Waals surface area contributed by atoms with E-state index in [0.29, 0.717) is 12.5 Å². The van der Waals surface area contributed by atoms with E-state index in [1.54, 1.807) is 16.0 Å². The van der Waals surface area contributed by atoms with Gasteiger partial charge in [-0.05, 0) is 69.2 Å². The van der Waals surface area contributed by atoms with E-state index in [1.807, 2.05) is 24.8 Å². The molecule has 3 aromatic rings. The van der Waals surface area contributed by atoms with Crippen LogP contribution in [0.4, 0.5) is 0 Å². The number of fused-ring (bicyclic) bond motifs is 2. The molecule has 1 N–H and O–H groups in total. The Bertz CT molecular complexity index is 1290. The highest BCUT2D eigenvalue weighted by atomic mass is 32.1. The molecule has 0 radical (unpaired) electrons. The van der Waals surface area contributed by atoms with Gasteiger partial charge in [-0.15, -0.1) is 11.3 Å². The maximum atomic E-state index is 12.8. The number of thiazole rings is 1. The van der Waals surface area contributed by atoms with Crippen LogP contribution in [-0.2, 0) is 28.2 Å². The summed E-state index contributed by atoms with van der Waals surface area (Å²) >= 11 is 1.72. The van der Waals surface area contributed by atoms with E-state index in [-0.39, 0.29) is 5.91 Å². The Morgan fingerprint density at radius 1 is 1.26 bits per heavy atom. The zero-order valence-corrected chi connectivity index (χ0v) is 21.1. The Labute approximate surface area is 209 Å². The van der Waals surface area contributed by atoms with Crippen LogP contribution in [0.5, 0.6) is 0 Å². The molecule has 1 spiro atoms. The zero-order chi connectivity index (χ0) is 24.0. The average Bonchev–Trinajstić information content (AvgIpc) is 3.59. The zero-order valence-electron chi connectivity index (χ0n) is 20.3. The highest BCUT2D eigenvalue weighted by molar-refractivity contribution is 7.09. The fraction of sp³-hybridized carbons (Fsp3) is 0.444. The molecule has 6 rings (SSSR count). The molecule has 1 fully saturated rings. The van der Waals surface area contributed by atoms with Gasteiger partial charge in [0.15, 0.2) is 0 Å². The number of hydrogen-bond acceptors (Lipinski definition) is 6. The number of amides is 1. The topological polar surface area (TPSA) is 72.3 Å². The van der Waals surface area contributed by atoms with Crippen LogP contribution in [0.1, 0.15) is 64.8 Å². The number of hydrogen-bond donors (Lipinski definition) is 1. The lowest BCUT2D eigenvalue weighted by Crippen LogP contribution is -2.40. The Morgan fingerprint density at radius 2 is 2.09 bits per heavy atom. The molecule has 35 heavy (non-hydrogen) atoms. The van der Waals surface area contributed by atoms with E-state index in [0.717, 1.165) is 73.0 Å². The van der Waals surface area contributed by atoms with Crippen LogP contribution in [-0.4, -0.2) is 38.7 Å². The first kappa shape index (κ1) is 22.5. The first-order valence-corrected chi connectivity index (χ1v) is 13.4. The van der Waals surface area contributed by atoms with Gasteiger partial charge in [-0.3, -0.25) is 19.8 Å². The molecule has 2 aromatic heterocycles. The second kappa shape index (κ2) is 8.91. The Balaban J connectivity index is 1.11. The number of rotatable bonds is 4. The smallest absolute Gasteiger partial charge is 0.244 e. The fourth-order valence-corrected chi connectivity index (χ4v) is 6.68. The average molecular weight is 490 g/mol. The molecule has 0 unspecified atom stereocenters. The number of carbonyl (C=O) groups excluding carboxylic acids is 1. The number of carbonyl (C=O) groups is 1. The summed E-state index contributed by atoms with van der Waals surface area (Å²) in [7, 11) is 0. The van der Waals surface area contributed by atoms with Crippen molar-refractivity contribution < 1.29 is 9.63 Å². The molecule has 1 aromatic carbocycles. The van der Waals surface area contributed by atoms with Crippen LogP contribution in [0.15, 0.2) is 41.8 Å². The van der Waals surface area contributed by atoms with E-state index >= 15 is 0 Å². The molecule has 8 heteroatoms. The van der Waals surface area contributed by atoms with Gasteiger partial charge in [-0.25, -0.2) is 4.98 Å². The third kappa shape index (κ3) is 4.19. The fourth-order valence-electron chi connectivity index (χ4n) is 5.69. The second-order valence-corrected chi connectivity index (χ2v) is 10.9. The molecule has 0 bridgehead atoms. The van der Waals surface area contributed by atoms with Crippen LogP contribution >= 0.6 is 11.3 Å². The first-order valence-electron chi connectivity index (χ1n) is 12.5. The molecule has 1 amide bonds. The third-order valence-corrected chi connectivity index (χ3v) is 8.58. The van der Waals surface area contributed by atoms with Crippen LogP contribution < -0.4 is 5.48 Å². The Morgan fingerprint density at radius 3 is 2.89 bits per heavy atom. The number of aryl methyl sites for hydroxylation is 3. The van der Waals surface area contributed by atoms with Gasteiger partial charge < -0.3 is 4.90 Å². The number of nitrogens with one attached hydrogen (secondary N) is 1. The summed E-state index contributed by atoms with van der Waals surface area (Å²) < 4.78 is 1.80. The van der Waals surface area contributed by atoms with E-state index in [9.17, 15) is 4.79 Å². The van der Waals surface area contributed by atoms with Crippen molar-refractivity contribution >= 4 is 22.9 Å². The number of hydroxylamine groups is 1. The molecule has 7 nitrogen and oxygen atoms in total. The van der Waals surface area contributed by atoms with E-state index < -0.39 is 5.60 Å². The summed E-state index contributed by atoms with van der Waals surface area (Å²) in [5, 5.41) is 7.71. The highest BCUT2D eigenvalue weighted by Crippen LogP contribution is 2.44. The van der Waals surface area contributed by atoms with Crippen molar-refractivity contribution in [2.45, 2.75) is 64.0 Å². The van der Waals surface area contributed by atoms with Gasteiger partial charge in [0.1, 0.15) is 12.1 Å². The number of piperidine rings is 1. The second-order valence-electron chi connectivity index (χ2n) is 9.97. The maximum Gasteiger partial charge on any atom is 0.244 e. The molecule has 1 atom stereocenters. The van der Waals surface area contributed by atoms with Gasteiger partial charge in [0.2, 0.25) is 5.91 Å². The van der Waals surface area contributed by atoms with Gasteiger partial charge in [-0.2, -0.15) is 5.10 Å². The minimum absolute atomic E-state index is 0.144. The van der Waals surface area contributed by atoms with Crippen molar-refractivity contribution in [3.8, 4) is 0 Å². The Hall–Kier alpha value is -2.97. The predicted octanol–water partition coefficient (Wildman–Crippen LogP) is 4.47. The summed E-state index contributed by atoms with van der Waals surface area (Å²) in [4.78, 5) is 26.0. The van der Waals surface area contributed by atoms with Crippen molar-refractivity contribution in [3.05, 3.63) is 75.0 Å². The minimum Gasteiger partial charge on any atom is -0.341 e. The number of likely N-dealkylation sites (tertiary alicyclic amines) is 1. The summed E-state index contributed by atoms with van der Waals surface area (Å²) in [5.74, 6) is 0.531. The Kier molecular flexibility index (Phi) is 5.73. The van der Waals surface area contributed by atoms with Crippen molar-refractivity contribution in [1.29, 1.82) is 0 Å². The summed E-state index contributed by atoms with van der Waals surface area (Å²) in [5.41, 5.74) is 9.31. The number of benzene rings is 1. The van der Waals surface area contributed by atoms with Crippen LogP contribution in [0.25, 0.3) is 5.70 Å². The van der Waals surface area contributed by atoms with Crippen molar-refractivity contribution in [2.24, 2.45) is 0 Å². The minimum atomic E-state index is -0.398. The van der Waals surface area contributed by atoms with Gasteiger partial charge in [0.05, 0.1) is 22.1 Å². The largest absolute Gasteiger partial charge is 0.341 e. The van der Waals surface area contributed by atoms with Crippen LogP contribution in [0, 0.1) is 13.8 Å². The maximum absolute atomic E-state index is 12.8. The van der Waals surface area contributed by atoms with Crippen molar-refractivity contribution in [2.75, 3.05) is 13.1 Å². The molecule has 3 aliphatic rings. The predicted molar refractivity (Wildman–Crippen MR) is 136 cm³/mol. The lowest BCUT2D eigenvalue weighted by Gasteiger charge is -2.32. The molecular formula is C27H31N5O2S. The molecule has 0 saturated carbocycles. The van der Waals surface area contributed by atoms with Gasteiger partial charge >= 0.3 is 0 Å². The normalized spacial score (nSPS) is 22.2. The summed E-state index contributed by atoms with van der Waals surface area (Å²) in [6.07, 6.45) is 7.30. The molecule has 2 aliphatic heterocycles. The van der Waals surface area contributed by atoms with Gasteiger partial charge in [0.25, 0.3) is 0 Å².